The van der Waals surface area contributed by atoms with Crippen LogP contribution in [-0.2, 0) is 15.5 Å². The first-order valence-corrected chi connectivity index (χ1v) is 7.71. The normalized spacial score (nSPS) is 24.2. The summed E-state index contributed by atoms with van der Waals surface area (Å²) < 4.78 is 29.2. The third-order valence-electron chi connectivity index (χ3n) is 3.32. The summed E-state index contributed by atoms with van der Waals surface area (Å²) >= 11 is 0. The minimum atomic E-state index is -3.51. The maximum absolute atomic E-state index is 12.0. The Morgan fingerprint density at radius 3 is 2.39 bits per heavy atom. The number of para-hydroxylation sites is 1. The average molecular weight is 268 g/mol. The molecule has 0 amide bonds. The fourth-order valence-electron chi connectivity index (χ4n) is 3.09. The van der Waals surface area contributed by atoms with Crippen LogP contribution in [-0.4, -0.2) is 14.2 Å². The van der Waals surface area contributed by atoms with Gasteiger partial charge in [0.2, 0.25) is 0 Å². The highest BCUT2D eigenvalue weighted by molar-refractivity contribution is 7.87. The van der Waals surface area contributed by atoms with Crippen molar-refractivity contribution in [1.82, 2.24) is 0 Å². The van der Waals surface area contributed by atoms with Crippen LogP contribution in [0, 0.1) is 5.41 Å². The van der Waals surface area contributed by atoms with E-state index in [0.29, 0.717) is 5.75 Å². The molecule has 3 nitrogen and oxygen atoms in total. The Kier molecular flexibility index (Phi) is 2.97. The number of rotatable bonds is 0. The van der Waals surface area contributed by atoms with E-state index in [1.54, 1.807) is 12.1 Å². The van der Waals surface area contributed by atoms with E-state index in [2.05, 4.69) is 13.8 Å². The Hall–Kier alpha value is -1.03. The third-order valence-corrected chi connectivity index (χ3v) is 4.89. The quantitative estimate of drug-likeness (QED) is 0.679. The van der Waals surface area contributed by atoms with Gasteiger partial charge in [-0.15, -0.1) is 0 Å². The molecule has 100 valence electrons. The summed E-state index contributed by atoms with van der Waals surface area (Å²) in [6.45, 7) is 8.22. The fraction of sp³-hybridized carbons (Fsp3) is 0.571. The van der Waals surface area contributed by atoms with Crippen molar-refractivity contribution < 1.29 is 12.6 Å². The summed E-state index contributed by atoms with van der Waals surface area (Å²) in [5, 5.41) is 0. The zero-order chi connectivity index (χ0) is 13.6. The molecule has 0 radical (unpaired) electrons. The summed E-state index contributed by atoms with van der Waals surface area (Å²) in [5.41, 5.74) is 0.563. The van der Waals surface area contributed by atoms with Gasteiger partial charge >= 0.3 is 10.1 Å². The molecule has 2 rings (SSSR count). The molecule has 18 heavy (non-hydrogen) atoms. The molecule has 0 bridgehead atoms. The number of fused-ring (bicyclic) bond motifs is 1. The predicted molar refractivity (Wildman–Crippen MR) is 72.3 cm³/mol. The van der Waals surface area contributed by atoms with E-state index < -0.39 is 10.1 Å². The van der Waals surface area contributed by atoms with Crippen LogP contribution in [0.25, 0.3) is 0 Å². The molecule has 0 unspecified atom stereocenters. The van der Waals surface area contributed by atoms with E-state index >= 15 is 0 Å². The van der Waals surface area contributed by atoms with Crippen molar-refractivity contribution >= 4 is 10.1 Å². The molecule has 0 aliphatic carbocycles. The molecule has 1 aromatic rings. The van der Waals surface area contributed by atoms with Crippen LogP contribution in [0.3, 0.4) is 0 Å². The van der Waals surface area contributed by atoms with Gasteiger partial charge in [0.1, 0.15) is 5.75 Å². The summed E-state index contributed by atoms with van der Waals surface area (Å²) in [6, 6.07) is 7.40. The van der Waals surface area contributed by atoms with Crippen LogP contribution in [0.1, 0.15) is 39.7 Å². The highest BCUT2D eigenvalue weighted by Crippen LogP contribution is 2.43. The third kappa shape index (κ3) is 2.69. The lowest BCUT2D eigenvalue weighted by Gasteiger charge is -2.37. The average Bonchev–Trinajstić information content (AvgIpc) is 2.11. The van der Waals surface area contributed by atoms with Crippen LogP contribution < -0.4 is 4.18 Å². The van der Waals surface area contributed by atoms with Gasteiger partial charge in [-0.3, -0.25) is 0 Å². The first-order chi connectivity index (χ1) is 8.11. The van der Waals surface area contributed by atoms with Crippen LogP contribution in [0.2, 0.25) is 0 Å². The first kappa shape index (κ1) is 13.4. The van der Waals surface area contributed by atoms with Crippen molar-refractivity contribution in [2.24, 2.45) is 5.41 Å². The first-order valence-electron chi connectivity index (χ1n) is 6.13. The van der Waals surface area contributed by atoms with E-state index in [-0.39, 0.29) is 16.6 Å². The number of hydrogen-bond acceptors (Lipinski definition) is 3. The summed E-state index contributed by atoms with van der Waals surface area (Å²) in [7, 11) is -3.51. The maximum atomic E-state index is 12.0. The van der Waals surface area contributed by atoms with Crippen molar-refractivity contribution in [3.8, 4) is 5.75 Å². The Balaban J connectivity index is 2.60. The van der Waals surface area contributed by atoms with Crippen LogP contribution in [0.5, 0.6) is 5.75 Å². The van der Waals surface area contributed by atoms with Gasteiger partial charge in [0.25, 0.3) is 0 Å². The largest absolute Gasteiger partial charge is 0.382 e. The monoisotopic (exact) mass is 268 g/mol. The van der Waals surface area contributed by atoms with Gasteiger partial charge in [0.15, 0.2) is 0 Å². The topological polar surface area (TPSA) is 43.4 Å². The number of benzene rings is 1. The molecule has 1 aliphatic heterocycles. The lowest BCUT2D eigenvalue weighted by molar-refractivity contribution is 0.269. The van der Waals surface area contributed by atoms with Gasteiger partial charge in [-0.05, 0) is 23.3 Å². The summed E-state index contributed by atoms with van der Waals surface area (Å²) in [6.07, 6.45) is 0.805. The molecule has 0 saturated heterocycles. The summed E-state index contributed by atoms with van der Waals surface area (Å²) in [5.74, 6) is 0.524. The Bertz CT molecular complexity index is 556. The smallest absolute Gasteiger partial charge is 0.309 e. The second kappa shape index (κ2) is 3.98. The zero-order valence-electron chi connectivity index (χ0n) is 11.4. The van der Waals surface area contributed by atoms with Crippen LogP contribution >= 0.6 is 0 Å². The minimum absolute atomic E-state index is 0.0533. The van der Waals surface area contributed by atoms with Gasteiger partial charge in [-0.1, -0.05) is 45.9 Å². The van der Waals surface area contributed by atoms with Crippen LogP contribution in [0.15, 0.2) is 24.3 Å². The van der Waals surface area contributed by atoms with Crippen molar-refractivity contribution in [3.05, 3.63) is 29.8 Å². The Morgan fingerprint density at radius 2 is 1.72 bits per heavy atom. The molecule has 1 aromatic carbocycles. The molecule has 0 aromatic heterocycles. The second-order valence-electron chi connectivity index (χ2n) is 6.51. The van der Waals surface area contributed by atoms with E-state index in [1.807, 2.05) is 26.0 Å². The van der Waals surface area contributed by atoms with E-state index in [1.165, 1.54) is 0 Å². The molecule has 1 heterocycles. The standard InChI is InChI=1S/C14H20O3S/c1-13(2)9-14(3,4)11-7-5-6-8-12(11)17-18(15,16)10-13/h5-8H,9-10H2,1-4H3. The lowest BCUT2D eigenvalue weighted by atomic mass is 9.72. The SMILES string of the molecule is CC1(C)CC(C)(C)c2ccccc2OS(=O)(=O)C1. The van der Waals surface area contributed by atoms with Crippen molar-refractivity contribution in [3.63, 3.8) is 0 Å². The molecular formula is C14H20O3S. The van der Waals surface area contributed by atoms with Crippen molar-refractivity contribution in [2.45, 2.75) is 39.5 Å². The van der Waals surface area contributed by atoms with E-state index in [0.717, 1.165) is 12.0 Å². The maximum Gasteiger partial charge on any atom is 0.309 e. The molecule has 0 spiro atoms. The van der Waals surface area contributed by atoms with Crippen LogP contribution in [0.4, 0.5) is 0 Å². The molecule has 0 saturated carbocycles. The van der Waals surface area contributed by atoms with E-state index in [4.69, 9.17) is 4.18 Å². The lowest BCUT2D eigenvalue weighted by Crippen LogP contribution is -2.36. The highest BCUT2D eigenvalue weighted by Gasteiger charge is 2.38. The van der Waals surface area contributed by atoms with Gasteiger partial charge in [0.05, 0.1) is 5.75 Å². The molecule has 1 aliphatic rings. The molecule has 0 atom stereocenters. The van der Waals surface area contributed by atoms with Gasteiger partial charge < -0.3 is 4.18 Å². The fourth-order valence-corrected chi connectivity index (χ4v) is 4.62. The van der Waals surface area contributed by atoms with Gasteiger partial charge in [-0.25, -0.2) is 0 Å². The highest BCUT2D eigenvalue weighted by atomic mass is 32.2. The molecule has 4 heteroatoms. The predicted octanol–water partition coefficient (Wildman–Crippen LogP) is 3.10. The Labute approximate surface area is 109 Å². The molecule has 0 fully saturated rings. The van der Waals surface area contributed by atoms with Gasteiger partial charge in [-0.2, -0.15) is 8.42 Å². The zero-order valence-corrected chi connectivity index (χ0v) is 12.2. The number of hydrogen-bond donors (Lipinski definition) is 0. The minimum Gasteiger partial charge on any atom is -0.382 e. The molecular weight excluding hydrogens is 248 g/mol. The second-order valence-corrected chi connectivity index (χ2v) is 8.08. The summed E-state index contributed by atoms with van der Waals surface area (Å²) in [4.78, 5) is 0. The van der Waals surface area contributed by atoms with Gasteiger partial charge in [0, 0.05) is 5.56 Å². The van der Waals surface area contributed by atoms with Crippen molar-refractivity contribution in [1.29, 1.82) is 0 Å². The van der Waals surface area contributed by atoms with E-state index in [9.17, 15) is 8.42 Å². The van der Waals surface area contributed by atoms with Crippen molar-refractivity contribution in [2.75, 3.05) is 5.75 Å². The molecule has 0 N–H and O–H groups in total. The Morgan fingerprint density at radius 1 is 1.11 bits per heavy atom.